The van der Waals surface area contributed by atoms with Gasteiger partial charge in [0.05, 0.1) is 29.7 Å². The number of halogens is 5. The van der Waals surface area contributed by atoms with Gasteiger partial charge in [-0.2, -0.15) is 0 Å². The molecule has 2 aliphatic rings. The van der Waals surface area contributed by atoms with E-state index >= 15 is 8.78 Å². The molecule has 2 aliphatic heterocycles. The Labute approximate surface area is 254 Å². The van der Waals surface area contributed by atoms with E-state index in [4.69, 9.17) is 4.74 Å². The van der Waals surface area contributed by atoms with Crippen molar-refractivity contribution < 1.29 is 46.0 Å². The van der Waals surface area contributed by atoms with Crippen LogP contribution in [0, 0.1) is 17.5 Å². The van der Waals surface area contributed by atoms with E-state index in [1.807, 2.05) is 0 Å². The topological polar surface area (TPSA) is 124 Å². The van der Waals surface area contributed by atoms with Gasteiger partial charge in [0, 0.05) is 51.5 Å². The summed E-state index contributed by atoms with van der Waals surface area (Å²) in [5.41, 5.74) is -1.51. The van der Waals surface area contributed by atoms with Crippen molar-refractivity contribution in [3.8, 4) is 0 Å². The van der Waals surface area contributed by atoms with Crippen molar-refractivity contribution in [2.75, 3.05) is 54.0 Å². The number of carbonyl (C=O) groups excluding carboxylic acids is 2. The number of aryl methyl sites for hydroxylation is 1. The number of rotatable bonds is 7. The Morgan fingerprint density at radius 3 is 2.29 bits per heavy atom. The number of aromatic carboxylic acids is 1. The van der Waals surface area contributed by atoms with Crippen molar-refractivity contribution in [2.24, 2.45) is 0 Å². The SMILES string of the molecule is CCn1cc(C(=O)O)c(=O)c2cc(F)c(N3CCN(c4cc(N5C[C@H](CNC(C)=O)OC5=O)ccc4F)CC3)c(F)c21.F[B]F. The highest BCUT2D eigenvalue weighted by Crippen LogP contribution is 2.33. The van der Waals surface area contributed by atoms with Crippen molar-refractivity contribution in [1.29, 1.82) is 0 Å². The second-order valence-corrected chi connectivity index (χ2v) is 10.1. The summed E-state index contributed by atoms with van der Waals surface area (Å²) < 4.78 is 71.6. The summed E-state index contributed by atoms with van der Waals surface area (Å²) in [7, 11) is -1.00. The highest BCUT2D eigenvalue weighted by Gasteiger charge is 2.34. The van der Waals surface area contributed by atoms with Gasteiger partial charge < -0.3 is 29.5 Å². The molecule has 17 heteroatoms. The number of nitrogens with one attached hydrogen (secondary N) is 1. The molecule has 2 N–H and O–H groups in total. The number of carbonyl (C=O) groups is 3. The second-order valence-electron chi connectivity index (χ2n) is 10.1. The number of carboxylic acid groups (broad SMARTS) is 1. The first kappa shape index (κ1) is 33.1. The number of fused-ring (bicyclic) bond motifs is 1. The molecule has 3 heterocycles. The van der Waals surface area contributed by atoms with Crippen molar-refractivity contribution in [3.05, 3.63) is 63.7 Å². The van der Waals surface area contributed by atoms with Gasteiger partial charge in [0.2, 0.25) is 11.3 Å². The molecule has 239 valence electrons. The van der Waals surface area contributed by atoms with Gasteiger partial charge in [-0.1, -0.05) is 0 Å². The van der Waals surface area contributed by atoms with Gasteiger partial charge >= 0.3 is 19.9 Å². The van der Waals surface area contributed by atoms with Crippen LogP contribution >= 0.6 is 0 Å². The Balaban J connectivity index is 0.00000148. The number of carboxylic acids is 1. The number of amides is 2. The maximum absolute atomic E-state index is 15.8. The molecule has 2 amide bonds. The molecule has 3 aromatic rings. The molecule has 2 saturated heterocycles. The van der Waals surface area contributed by atoms with Crippen LogP contribution in [0.2, 0.25) is 0 Å². The zero-order valence-corrected chi connectivity index (χ0v) is 24.2. The molecular formula is C28H28BF5N5O6. The first-order valence-electron chi connectivity index (χ1n) is 13.7. The molecule has 0 spiro atoms. The van der Waals surface area contributed by atoms with Crippen molar-refractivity contribution >= 4 is 53.8 Å². The number of benzene rings is 2. The van der Waals surface area contributed by atoms with Crippen LogP contribution in [0.15, 0.2) is 35.3 Å². The molecule has 1 aromatic heterocycles. The second kappa shape index (κ2) is 13.9. The maximum atomic E-state index is 15.8. The number of aromatic nitrogens is 1. The number of piperazine rings is 1. The molecule has 5 rings (SSSR count). The standard InChI is InChI=1S/C28H28F3N5O6.BF2/c1-3-33-14-19(27(39)40)26(38)18-11-21(30)25(23(31)24(18)33)35-8-6-34(7-9-35)22-10-16(4-5-20(22)29)36-13-17(42-28(36)41)12-32-15(2)37;2-1-3/h4-5,10-11,14,17H,3,6-9,12-13H2,1-2H3,(H,32,37)(H,39,40);/t17-;/m0./s1. The summed E-state index contributed by atoms with van der Waals surface area (Å²) in [4.78, 5) is 52.3. The fourth-order valence-corrected chi connectivity index (χ4v) is 5.35. The van der Waals surface area contributed by atoms with Crippen molar-refractivity contribution in [3.63, 3.8) is 0 Å². The molecule has 0 unspecified atom stereocenters. The number of hydrogen-bond donors (Lipinski definition) is 2. The summed E-state index contributed by atoms with van der Waals surface area (Å²) in [6, 6.07) is 5.03. The highest BCUT2D eigenvalue weighted by molar-refractivity contribution is 6.15. The normalized spacial score (nSPS) is 16.3. The van der Waals surface area contributed by atoms with Gasteiger partial charge in [-0.25, -0.2) is 22.8 Å². The Morgan fingerprint density at radius 2 is 1.69 bits per heavy atom. The molecule has 11 nitrogen and oxygen atoms in total. The minimum absolute atomic E-state index is 0.108. The lowest BCUT2D eigenvalue weighted by Crippen LogP contribution is -2.47. The van der Waals surface area contributed by atoms with E-state index in [2.05, 4.69) is 5.32 Å². The fraction of sp³-hybridized carbons (Fsp3) is 0.357. The quantitative estimate of drug-likeness (QED) is 0.299. The van der Waals surface area contributed by atoms with Crippen LogP contribution in [0.1, 0.15) is 24.2 Å². The van der Waals surface area contributed by atoms with E-state index in [0.29, 0.717) is 5.69 Å². The third-order valence-corrected chi connectivity index (χ3v) is 7.43. The van der Waals surface area contributed by atoms with E-state index < -0.39 is 54.4 Å². The number of cyclic esters (lactones) is 1. The van der Waals surface area contributed by atoms with Crippen LogP contribution in [-0.2, 0) is 16.1 Å². The Kier molecular flexibility index (Phi) is 10.2. The largest absolute Gasteiger partial charge is 0.577 e. The number of anilines is 3. The van der Waals surface area contributed by atoms with Crippen LogP contribution in [0.4, 0.5) is 43.7 Å². The van der Waals surface area contributed by atoms with Gasteiger partial charge in [-0.3, -0.25) is 23.1 Å². The fourth-order valence-electron chi connectivity index (χ4n) is 5.35. The smallest absolute Gasteiger partial charge is 0.477 e. The van der Waals surface area contributed by atoms with Gasteiger partial charge in [0.25, 0.3) is 0 Å². The molecule has 1 radical (unpaired) electrons. The average Bonchev–Trinajstić information content (AvgIpc) is 3.37. The molecule has 45 heavy (non-hydrogen) atoms. The van der Waals surface area contributed by atoms with Crippen LogP contribution in [0.5, 0.6) is 0 Å². The predicted octanol–water partition coefficient (Wildman–Crippen LogP) is 3.38. The summed E-state index contributed by atoms with van der Waals surface area (Å²) in [6.07, 6.45) is -0.148. The summed E-state index contributed by atoms with van der Waals surface area (Å²) in [5, 5.41) is 11.6. The van der Waals surface area contributed by atoms with Crippen LogP contribution in [0.25, 0.3) is 10.9 Å². The third-order valence-electron chi connectivity index (χ3n) is 7.43. The van der Waals surface area contributed by atoms with Crippen LogP contribution in [0.3, 0.4) is 0 Å². The van der Waals surface area contributed by atoms with E-state index in [-0.39, 0.29) is 74.0 Å². The van der Waals surface area contributed by atoms with Gasteiger partial charge in [-0.05, 0) is 31.2 Å². The number of hydrogen-bond acceptors (Lipinski definition) is 7. The number of pyridine rings is 1. The minimum Gasteiger partial charge on any atom is -0.477 e. The average molecular weight is 636 g/mol. The lowest BCUT2D eigenvalue weighted by molar-refractivity contribution is -0.119. The molecule has 0 saturated carbocycles. The first-order valence-corrected chi connectivity index (χ1v) is 13.7. The number of ether oxygens (including phenoxy) is 1. The van der Waals surface area contributed by atoms with Crippen molar-refractivity contribution in [1.82, 2.24) is 9.88 Å². The monoisotopic (exact) mass is 636 g/mol. The summed E-state index contributed by atoms with van der Waals surface area (Å²) in [6.45, 7) is 4.03. The lowest BCUT2D eigenvalue weighted by Gasteiger charge is -2.38. The van der Waals surface area contributed by atoms with E-state index in [9.17, 15) is 37.3 Å². The van der Waals surface area contributed by atoms with Crippen LogP contribution < -0.4 is 25.4 Å². The third kappa shape index (κ3) is 6.81. The van der Waals surface area contributed by atoms with E-state index in [1.54, 1.807) is 11.8 Å². The number of nitrogens with zero attached hydrogens (tertiary/aromatic N) is 4. The van der Waals surface area contributed by atoms with Crippen LogP contribution in [-0.4, -0.2) is 80.8 Å². The maximum Gasteiger partial charge on any atom is 0.577 e. The molecule has 2 aromatic carbocycles. The molecule has 1 atom stereocenters. The predicted molar refractivity (Wildman–Crippen MR) is 156 cm³/mol. The van der Waals surface area contributed by atoms with Gasteiger partial charge in [0.15, 0.2) is 5.82 Å². The lowest BCUT2D eigenvalue weighted by atomic mass is 10.1. The van der Waals surface area contributed by atoms with Gasteiger partial charge in [0.1, 0.15) is 29.0 Å². The summed E-state index contributed by atoms with van der Waals surface area (Å²) >= 11 is 0. The minimum atomic E-state index is -1.49. The molecular weight excluding hydrogens is 608 g/mol. The highest BCUT2D eigenvalue weighted by atomic mass is 19.2. The molecule has 2 fully saturated rings. The van der Waals surface area contributed by atoms with E-state index in [1.165, 1.54) is 39.5 Å². The van der Waals surface area contributed by atoms with Gasteiger partial charge in [-0.15, -0.1) is 0 Å². The zero-order chi connectivity index (χ0) is 33.0. The Bertz CT molecular complexity index is 1680. The van der Waals surface area contributed by atoms with Crippen molar-refractivity contribution in [2.45, 2.75) is 26.5 Å². The molecule has 0 aliphatic carbocycles. The zero-order valence-electron chi connectivity index (χ0n) is 24.2. The summed E-state index contributed by atoms with van der Waals surface area (Å²) in [5.74, 6) is -4.29. The molecule has 0 bridgehead atoms. The van der Waals surface area contributed by atoms with E-state index in [0.717, 1.165) is 12.3 Å². The first-order chi connectivity index (χ1) is 21.4. The Morgan fingerprint density at radius 1 is 1.04 bits per heavy atom. The Hall–Kier alpha value is -4.83.